The molecule has 0 heterocycles. The number of benzene rings is 1. The van der Waals surface area contributed by atoms with E-state index in [1.165, 1.54) is 24.0 Å². The summed E-state index contributed by atoms with van der Waals surface area (Å²) in [7, 11) is 0. The fraction of sp³-hybridized carbons (Fsp3) is 0.455. The monoisotopic (exact) mass is 146 g/mol. The van der Waals surface area contributed by atoms with E-state index in [0.29, 0.717) is 0 Å². The molecule has 11 heavy (non-hydrogen) atoms. The van der Waals surface area contributed by atoms with Crippen molar-refractivity contribution in [3.05, 3.63) is 34.9 Å². The van der Waals surface area contributed by atoms with Crippen LogP contribution in [0.5, 0.6) is 0 Å². The summed E-state index contributed by atoms with van der Waals surface area (Å²) in [6.07, 6.45) is 2.81. The summed E-state index contributed by atoms with van der Waals surface area (Å²) in [5.74, 6) is 0.898. The van der Waals surface area contributed by atoms with Gasteiger partial charge in [-0.25, -0.2) is 0 Å². The lowest BCUT2D eigenvalue weighted by atomic mass is 10.0. The lowest BCUT2D eigenvalue weighted by Crippen LogP contribution is -1.86. The molecule has 0 atom stereocenters. The molecule has 1 fully saturated rings. The third-order valence-corrected chi connectivity index (χ3v) is 2.45. The minimum atomic E-state index is 0.898. The maximum atomic E-state index is 2.34. The van der Waals surface area contributed by atoms with Gasteiger partial charge in [-0.2, -0.15) is 0 Å². The Morgan fingerprint density at radius 3 is 2.55 bits per heavy atom. The van der Waals surface area contributed by atoms with Gasteiger partial charge in [0, 0.05) is 0 Å². The SMILES string of the molecule is Cc1ccc(C)c(C2CC2)c1. The third kappa shape index (κ3) is 1.30. The maximum absolute atomic E-state index is 2.34. The molecular formula is C11H14. The van der Waals surface area contributed by atoms with Gasteiger partial charge in [-0.1, -0.05) is 23.8 Å². The smallest absolute Gasteiger partial charge is 0.0159 e. The molecule has 1 aromatic carbocycles. The summed E-state index contributed by atoms with van der Waals surface area (Å²) in [5.41, 5.74) is 4.46. The molecule has 1 aliphatic carbocycles. The molecule has 0 saturated heterocycles. The van der Waals surface area contributed by atoms with Gasteiger partial charge in [-0.3, -0.25) is 0 Å². The Labute approximate surface area is 68.3 Å². The Morgan fingerprint density at radius 2 is 1.91 bits per heavy atom. The second kappa shape index (κ2) is 2.37. The number of hydrogen-bond donors (Lipinski definition) is 0. The minimum absolute atomic E-state index is 0.898. The van der Waals surface area contributed by atoms with Crippen molar-refractivity contribution in [1.29, 1.82) is 0 Å². The minimum Gasteiger partial charge on any atom is -0.0590 e. The standard InChI is InChI=1S/C11H14/c1-8-3-4-9(2)11(7-8)10-5-6-10/h3-4,7,10H,5-6H2,1-2H3. The quantitative estimate of drug-likeness (QED) is 0.570. The molecule has 0 spiro atoms. The fourth-order valence-corrected chi connectivity index (χ4v) is 1.59. The molecule has 0 amide bonds. The molecular weight excluding hydrogens is 132 g/mol. The van der Waals surface area contributed by atoms with E-state index in [2.05, 4.69) is 32.0 Å². The highest BCUT2D eigenvalue weighted by Gasteiger charge is 2.24. The largest absolute Gasteiger partial charge is 0.0590 e. The van der Waals surface area contributed by atoms with Crippen molar-refractivity contribution >= 4 is 0 Å². The van der Waals surface area contributed by atoms with E-state index in [1.54, 1.807) is 5.56 Å². The average molecular weight is 146 g/mol. The second-order valence-electron chi connectivity index (χ2n) is 3.63. The zero-order chi connectivity index (χ0) is 7.84. The normalized spacial score (nSPS) is 16.9. The zero-order valence-corrected chi connectivity index (χ0v) is 7.22. The lowest BCUT2D eigenvalue weighted by Gasteiger charge is -2.03. The Balaban J connectivity index is 2.42. The third-order valence-electron chi connectivity index (χ3n) is 2.45. The van der Waals surface area contributed by atoms with Crippen molar-refractivity contribution in [1.82, 2.24) is 0 Å². The van der Waals surface area contributed by atoms with Gasteiger partial charge in [0.15, 0.2) is 0 Å². The highest BCUT2D eigenvalue weighted by molar-refractivity contribution is 5.35. The summed E-state index contributed by atoms with van der Waals surface area (Å²) in [4.78, 5) is 0. The van der Waals surface area contributed by atoms with Crippen LogP contribution in [0.1, 0.15) is 35.4 Å². The van der Waals surface area contributed by atoms with E-state index in [0.717, 1.165) is 5.92 Å². The Bertz CT molecular complexity index is 269. The van der Waals surface area contributed by atoms with Crippen LogP contribution in [0.3, 0.4) is 0 Å². The molecule has 0 unspecified atom stereocenters. The Hall–Kier alpha value is -0.780. The van der Waals surface area contributed by atoms with Crippen LogP contribution in [0.25, 0.3) is 0 Å². The van der Waals surface area contributed by atoms with Crippen LogP contribution in [-0.2, 0) is 0 Å². The zero-order valence-electron chi connectivity index (χ0n) is 7.22. The highest BCUT2D eigenvalue weighted by Crippen LogP contribution is 2.41. The molecule has 0 radical (unpaired) electrons. The molecule has 0 heteroatoms. The first kappa shape index (κ1) is 6.90. The van der Waals surface area contributed by atoms with Gasteiger partial charge in [0.25, 0.3) is 0 Å². The predicted octanol–water partition coefficient (Wildman–Crippen LogP) is 3.18. The van der Waals surface area contributed by atoms with Crippen molar-refractivity contribution in [2.24, 2.45) is 0 Å². The highest BCUT2D eigenvalue weighted by atomic mass is 14.3. The van der Waals surface area contributed by atoms with Crippen molar-refractivity contribution in [3.8, 4) is 0 Å². The second-order valence-corrected chi connectivity index (χ2v) is 3.63. The van der Waals surface area contributed by atoms with Crippen molar-refractivity contribution in [2.75, 3.05) is 0 Å². The van der Waals surface area contributed by atoms with Crippen LogP contribution in [0.2, 0.25) is 0 Å². The Morgan fingerprint density at radius 1 is 1.18 bits per heavy atom. The van der Waals surface area contributed by atoms with Gasteiger partial charge < -0.3 is 0 Å². The van der Waals surface area contributed by atoms with Crippen LogP contribution in [0.4, 0.5) is 0 Å². The summed E-state index contributed by atoms with van der Waals surface area (Å²) >= 11 is 0. The first-order valence-corrected chi connectivity index (χ1v) is 4.34. The molecule has 0 aromatic heterocycles. The van der Waals surface area contributed by atoms with E-state index in [-0.39, 0.29) is 0 Å². The van der Waals surface area contributed by atoms with E-state index >= 15 is 0 Å². The molecule has 58 valence electrons. The number of hydrogen-bond acceptors (Lipinski definition) is 0. The van der Waals surface area contributed by atoms with Gasteiger partial charge in [-0.15, -0.1) is 0 Å². The summed E-state index contributed by atoms with van der Waals surface area (Å²) < 4.78 is 0. The molecule has 1 aliphatic rings. The first-order chi connectivity index (χ1) is 5.27. The van der Waals surface area contributed by atoms with Crippen LogP contribution in [0, 0.1) is 13.8 Å². The van der Waals surface area contributed by atoms with Gasteiger partial charge in [-0.05, 0) is 43.7 Å². The molecule has 1 saturated carbocycles. The number of rotatable bonds is 1. The fourth-order valence-electron chi connectivity index (χ4n) is 1.59. The molecule has 0 N–H and O–H groups in total. The molecule has 0 nitrogen and oxygen atoms in total. The first-order valence-electron chi connectivity index (χ1n) is 4.34. The lowest BCUT2D eigenvalue weighted by molar-refractivity contribution is 1.09. The van der Waals surface area contributed by atoms with Crippen LogP contribution in [0.15, 0.2) is 18.2 Å². The average Bonchev–Trinajstić information content (AvgIpc) is 2.76. The predicted molar refractivity (Wildman–Crippen MR) is 47.9 cm³/mol. The van der Waals surface area contributed by atoms with Crippen LogP contribution in [-0.4, -0.2) is 0 Å². The van der Waals surface area contributed by atoms with Crippen molar-refractivity contribution in [3.63, 3.8) is 0 Å². The van der Waals surface area contributed by atoms with Crippen molar-refractivity contribution < 1.29 is 0 Å². The maximum Gasteiger partial charge on any atom is -0.0159 e. The summed E-state index contributed by atoms with van der Waals surface area (Å²) in [5, 5.41) is 0. The van der Waals surface area contributed by atoms with Crippen LogP contribution < -0.4 is 0 Å². The van der Waals surface area contributed by atoms with E-state index in [9.17, 15) is 0 Å². The van der Waals surface area contributed by atoms with Crippen molar-refractivity contribution in [2.45, 2.75) is 32.6 Å². The van der Waals surface area contributed by atoms with E-state index < -0.39 is 0 Å². The molecule has 0 bridgehead atoms. The molecule has 1 aromatic rings. The van der Waals surface area contributed by atoms with E-state index in [4.69, 9.17) is 0 Å². The van der Waals surface area contributed by atoms with Gasteiger partial charge in [0.1, 0.15) is 0 Å². The van der Waals surface area contributed by atoms with Crippen LogP contribution >= 0.6 is 0 Å². The molecule has 2 rings (SSSR count). The van der Waals surface area contributed by atoms with Gasteiger partial charge in [0.2, 0.25) is 0 Å². The summed E-state index contributed by atoms with van der Waals surface area (Å²) in [6.45, 7) is 4.39. The summed E-state index contributed by atoms with van der Waals surface area (Å²) in [6, 6.07) is 6.78. The van der Waals surface area contributed by atoms with E-state index in [1.807, 2.05) is 0 Å². The number of aryl methyl sites for hydroxylation is 2. The topological polar surface area (TPSA) is 0 Å². The Kier molecular flexibility index (Phi) is 1.49. The van der Waals surface area contributed by atoms with Gasteiger partial charge >= 0.3 is 0 Å². The van der Waals surface area contributed by atoms with Gasteiger partial charge in [0.05, 0.1) is 0 Å². The molecule has 0 aliphatic heterocycles.